The van der Waals surface area contributed by atoms with E-state index in [4.69, 9.17) is 0 Å². The molecule has 0 aliphatic heterocycles. The Kier molecular flexibility index (Phi) is 4.95. The molecule has 0 heterocycles. The topological polar surface area (TPSA) is 34.1 Å². The second-order valence-corrected chi connectivity index (χ2v) is 7.49. The number of rotatable bonds is 5. The van der Waals surface area contributed by atoms with Crippen molar-refractivity contribution in [3.63, 3.8) is 0 Å². The Labute approximate surface area is 112 Å². The molecule has 1 aromatic rings. The molecule has 0 aliphatic carbocycles. The van der Waals surface area contributed by atoms with Crippen LogP contribution in [0.5, 0.6) is 0 Å². The van der Waals surface area contributed by atoms with E-state index in [0.29, 0.717) is 17.2 Å². The van der Waals surface area contributed by atoms with Crippen LogP contribution < -0.4 is 0 Å². The summed E-state index contributed by atoms with van der Waals surface area (Å²) >= 11 is 3.29. The zero-order chi connectivity index (χ0) is 13.1. The molecule has 0 bridgehead atoms. The van der Waals surface area contributed by atoms with Crippen molar-refractivity contribution in [3.05, 3.63) is 41.4 Å². The molecule has 0 N–H and O–H groups in total. The summed E-state index contributed by atoms with van der Waals surface area (Å²) in [7, 11) is -3.30. The van der Waals surface area contributed by atoms with Gasteiger partial charge in [-0.05, 0) is 36.6 Å². The molecule has 0 aliphatic rings. The first-order valence-electron chi connectivity index (χ1n) is 5.50. The van der Waals surface area contributed by atoms with Gasteiger partial charge in [-0.3, -0.25) is 0 Å². The minimum Gasteiger partial charge on any atom is -0.223 e. The minimum atomic E-state index is -3.30. The highest BCUT2D eigenvalue weighted by atomic mass is 79.9. The van der Waals surface area contributed by atoms with Gasteiger partial charge >= 0.3 is 0 Å². The summed E-state index contributed by atoms with van der Waals surface area (Å²) in [4.78, 5) is 0.353. The molecule has 94 valence electrons. The summed E-state index contributed by atoms with van der Waals surface area (Å²) in [6.45, 7) is 7.65. The summed E-state index contributed by atoms with van der Waals surface area (Å²) in [6, 6.07) is 6.72. The van der Waals surface area contributed by atoms with Crippen LogP contribution in [0.3, 0.4) is 0 Å². The van der Waals surface area contributed by atoms with Crippen molar-refractivity contribution in [2.75, 3.05) is 0 Å². The van der Waals surface area contributed by atoms with Crippen LogP contribution in [-0.2, 0) is 9.84 Å². The van der Waals surface area contributed by atoms with Gasteiger partial charge in [0.05, 0.1) is 10.1 Å². The van der Waals surface area contributed by atoms with Crippen molar-refractivity contribution < 1.29 is 8.42 Å². The van der Waals surface area contributed by atoms with Crippen molar-refractivity contribution in [2.45, 2.75) is 30.4 Å². The van der Waals surface area contributed by atoms with E-state index in [1.807, 2.05) is 13.8 Å². The Morgan fingerprint density at radius 1 is 1.29 bits per heavy atom. The zero-order valence-corrected chi connectivity index (χ0v) is 12.5. The lowest BCUT2D eigenvalue weighted by Crippen LogP contribution is -2.21. The number of sulfone groups is 1. The molecule has 4 heteroatoms. The summed E-state index contributed by atoms with van der Waals surface area (Å²) < 4.78 is 25.5. The molecule has 1 unspecified atom stereocenters. The van der Waals surface area contributed by atoms with Gasteiger partial charge in [0.1, 0.15) is 0 Å². The van der Waals surface area contributed by atoms with E-state index >= 15 is 0 Å². The van der Waals surface area contributed by atoms with E-state index in [2.05, 4.69) is 22.5 Å². The van der Waals surface area contributed by atoms with Gasteiger partial charge in [0.15, 0.2) is 9.84 Å². The fourth-order valence-corrected chi connectivity index (χ4v) is 3.63. The molecular weight excluding hydrogens is 300 g/mol. The summed E-state index contributed by atoms with van der Waals surface area (Å²) in [5, 5.41) is -0.510. The number of halogens is 1. The monoisotopic (exact) mass is 316 g/mol. The van der Waals surface area contributed by atoms with Crippen LogP contribution in [-0.4, -0.2) is 13.7 Å². The second kappa shape index (κ2) is 5.83. The zero-order valence-electron chi connectivity index (χ0n) is 10.1. The van der Waals surface area contributed by atoms with Crippen LogP contribution in [0.25, 0.3) is 0 Å². The van der Waals surface area contributed by atoms with Gasteiger partial charge in [-0.2, -0.15) is 0 Å². The van der Waals surface area contributed by atoms with Gasteiger partial charge in [-0.25, -0.2) is 8.42 Å². The van der Waals surface area contributed by atoms with Crippen molar-refractivity contribution in [1.82, 2.24) is 0 Å². The third-order valence-electron chi connectivity index (χ3n) is 2.51. The highest BCUT2D eigenvalue weighted by Gasteiger charge is 2.25. The Morgan fingerprint density at radius 2 is 1.82 bits per heavy atom. The molecule has 0 saturated heterocycles. The lowest BCUT2D eigenvalue weighted by molar-refractivity contribution is 0.551. The molecule has 1 atom stereocenters. The van der Waals surface area contributed by atoms with E-state index in [9.17, 15) is 8.42 Å². The van der Waals surface area contributed by atoms with Crippen molar-refractivity contribution >= 4 is 25.8 Å². The molecule has 0 saturated carbocycles. The van der Waals surface area contributed by atoms with Crippen molar-refractivity contribution in [2.24, 2.45) is 5.92 Å². The molecule has 1 aromatic carbocycles. The van der Waals surface area contributed by atoms with Crippen LogP contribution >= 0.6 is 15.9 Å². The molecule has 0 spiro atoms. The maximum absolute atomic E-state index is 12.3. The number of hydrogen-bond donors (Lipinski definition) is 0. The summed E-state index contributed by atoms with van der Waals surface area (Å²) in [6.07, 6.45) is 2.12. The fourth-order valence-electron chi connectivity index (χ4n) is 1.61. The van der Waals surface area contributed by atoms with Crippen molar-refractivity contribution in [3.8, 4) is 0 Å². The number of benzene rings is 1. The molecule has 2 nitrogen and oxygen atoms in total. The SMILES string of the molecule is C=CC(CC(C)C)S(=O)(=O)c1ccc(Br)cc1. The van der Waals surface area contributed by atoms with Crippen LogP contribution in [0.15, 0.2) is 46.3 Å². The molecule has 0 amide bonds. The number of hydrogen-bond acceptors (Lipinski definition) is 2. The average molecular weight is 317 g/mol. The lowest BCUT2D eigenvalue weighted by Gasteiger charge is -2.15. The van der Waals surface area contributed by atoms with E-state index in [1.54, 1.807) is 24.3 Å². The molecule has 0 fully saturated rings. The highest BCUT2D eigenvalue weighted by Crippen LogP contribution is 2.23. The molecule has 1 rings (SSSR count). The van der Waals surface area contributed by atoms with E-state index < -0.39 is 15.1 Å². The van der Waals surface area contributed by atoms with Gasteiger partial charge < -0.3 is 0 Å². The van der Waals surface area contributed by atoms with Crippen LogP contribution in [0.1, 0.15) is 20.3 Å². The largest absolute Gasteiger partial charge is 0.223 e. The third kappa shape index (κ3) is 3.68. The molecular formula is C13H17BrO2S. The second-order valence-electron chi connectivity index (χ2n) is 4.40. The van der Waals surface area contributed by atoms with Crippen LogP contribution in [0, 0.1) is 5.92 Å². The standard InChI is InChI=1S/C13H17BrO2S/c1-4-12(9-10(2)3)17(15,16)13-7-5-11(14)6-8-13/h4-8,10,12H,1,9H2,2-3H3. The summed E-state index contributed by atoms with van der Waals surface area (Å²) in [5.74, 6) is 0.322. The first kappa shape index (κ1) is 14.5. The Hall–Kier alpha value is -0.610. The Balaban J connectivity index is 3.08. The Morgan fingerprint density at radius 3 is 2.24 bits per heavy atom. The third-order valence-corrected chi connectivity index (χ3v) is 5.15. The minimum absolute atomic E-state index is 0.322. The van der Waals surface area contributed by atoms with Crippen LogP contribution in [0.4, 0.5) is 0 Å². The average Bonchev–Trinajstić information content (AvgIpc) is 2.26. The molecule has 0 radical (unpaired) electrons. The van der Waals surface area contributed by atoms with Crippen LogP contribution in [0.2, 0.25) is 0 Å². The fraction of sp³-hybridized carbons (Fsp3) is 0.385. The molecule has 17 heavy (non-hydrogen) atoms. The summed E-state index contributed by atoms with van der Waals surface area (Å²) in [5.41, 5.74) is 0. The Bertz CT molecular complexity index is 475. The highest BCUT2D eigenvalue weighted by molar-refractivity contribution is 9.10. The maximum atomic E-state index is 12.3. The van der Waals surface area contributed by atoms with Crippen molar-refractivity contribution in [1.29, 1.82) is 0 Å². The van der Waals surface area contributed by atoms with Gasteiger partial charge in [0.2, 0.25) is 0 Å². The normalized spacial score (nSPS) is 13.6. The predicted molar refractivity (Wildman–Crippen MR) is 74.8 cm³/mol. The van der Waals surface area contributed by atoms with E-state index in [0.717, 1.165) is 4.47 Å². The van der Waals surface area contributed by atoms with Gasteiger partial charge in [-0.1, -0.05) is 35.9 Å². The smallest absolute Gasteiger partial charge is 0.184 e. The van der Waals surface area contributed by atoms with Gasteiger partial charge in [-0.15, -0.1) is 6.58 Å². The maximum Gasteiger partial charge on any atom is 0.184 e. The lowest BCUT2D eigenvalue weighted by atomic mass is 10.1. The first-order valence-corrected chi connectivity index (χ1v) is 7.84. The first-order chi connectivity index (χ1) is 7.87. The van der Waals surface area contributed by atoms with E-state index in [-0.39, 0.29) is 0 Å². The van der Waals surface area contributed by atoms with E-state index in [1.165, 1.54) is 6.08 Å². The van der Waals surface area contributed by atoms with Gasteiger partial charge in [0.25, 0.3) is 0 Å². The van der Waals surface area contributed by atoms with Gasteiger partial charge in [0, 0.05) is 4.47 Å². The quantitative estimate of drug-likeness (QED) is 0.774. The molecule has 0 aromatic heterocycles. The predicted octanol–water partition coefficient (Wildman–Crippen LogP) is 3.82.